The number of nitrogens with zero attached hydrogens (tertiary/aromatic N) is 1. The van der Waals surface area contributed by atoms with Gasteiger partial charge < -0.3 is 5.32 Å². The van der Waals surface area contributed by atoms with Crippen molar-refractivity contribution in [1.82, 2.24) is 9.62 Å². The Morgan fingerprint density at radius 3 is 2.26 bits per heavy atom. The van der Waals surface area contributed by atoms with E-state index < -0.39 is 10.0 Å². The van der Waals surface area contributed by atoms with E-state index in [1.165, 1.54) is 16.4 Å². The summed E-state index contributed by atoms with van der Waals surface area (Å²) in [7, 11) is -3.59. The zero-order valence-electron chi connectivity index (χ0n) is 16.2. The van der Waals surface area contributed by atoms with Crippen LogP contribution >= 0.6 is 0 Å². The van der Waals surface area contributed by atoms with Crippen LogP contribution in [0.2, 0.25) is 0 Å². The lowest BCUT2D eigenvalue weighted by Crippen LogP contribution is -2.31. The van der Waals surface area contributed by atoms with Crippen LogP contribution in [-0.4, -0.2) is 31.7 Å². The van der Waals surface area contributed by atoms with Crippen LogP contribution in [0.5, 0.6) is 0 Å². The molecule has 6 heteroatoms. The van der Waals surface area contributed by atoms with Crippen molar-refractivity contribution in [2.75, 3.05) is 13.1 Å². The first-order chi connectivity index (χ1) is 12.9. The van der Waals surface area contributed by atoms with Gasteiger partial charge in [-0.15, -0.1) is 0 Å². The predicted molar refractivity (Wildman–Crippen MR) is 108 cm³/mol. The Hall–Kier alpha value is -2.18. The summed E-state index contributed by atoms with van der Waals surface area (Å²) in [5, 5.41) is 3.04. The summed E-state index contributed by atoms with van der Waals surface area (Å²) in [4.78, 5) is 12.9. The van der Waals surface area contributed by atoms with Crippen LogP contribution in [0.1, 0.15) is 55.6 Å². The molecule has 5 nitrogen and oxygen atoms in total. The van der Waals surface area contributed by atoms with Crippen LogP contribution in [0.15, 0.2) is 59.5 Å². The zero-order chi connectivity index (χ0) is 19.9. The second-order valence-electron chi connectivity index (χ2n) is 6.34. The summed E-state index contributed by atoms with van der Waals surface area (Å²) >= 11 is 0. The molecule has 0 aliphatic carbocycles. The third-order valence-corrected chi connectivity index (χ3v) is 6.57. The van der Waals surface area contributed by atoms with Crippen molar-refractivity contribution < 1.29 is 13.2 Å². The topological polar surface area (TPSA) is 66.5 Å². The van der Waals surface area contributed by atoms with E-state index in [0.717, 1.165) is 18.4 Å². The number of benzene rings is 2. The van der Waals surface area contributed by atoms with Gasteiger partial charge in [-0.1, -0.05) is 63.6 Å². The van der Waals surface area contributed by atoms with Crippen molar-refractivity contribution in [2.45, 2.75) is 44.6 Å². The Morgan fingerprint density at radius 1 is 1.00 bits per heavy atom. The van der Waals surface area contributed by atoms with E-state index in [-0.39, 0.29) is 16.8 Å². The summed E-state index contributed by atoms with van der Waals surface area (Å²) < 4.78 is 26.8. The number of amides is 1. The molecule has 0 bridgehead atoms. The van der Waals surface area contributed by atoms with Crippen LogP contribution in [0.25, 0.3) is 0 Å². The molecule has 2 rings (SSSR count). The number of rotatable bonds is 9. The molecule has 1 amide bonds. The van der Waals surface area contributed by atoms with E-state index in [0.29, 0.717) is 18.7 Å². The number of carbonyl (C=O) groups excluding carboxylic acids is 1. The van der Waals surface area contributed by atoms with Gasteiger partial charge in [0.05, 0.1) is 10.9 Å². The quantitative estimate of drug-likeness (QED) is 0.706. The maximum absolute atomic E-state index is 12.8. The normalized spacial score (nSPS) is 12.7. The van der Waals surface area contributed by atoms with Gasteiger partial charge in [0.2, 0.25) is 10.0 Å². The predicted octanol–water partition coefficient (Wildman–Crippen LogP) is 3.99. The van der Waals surface area contributed by atoms with Crippen LogP contribution in [0.4, 0.5) is 0 Å². The summed E-state index contributed by atoms with van der Waals surface area (Å²) in [5.41, 5.74) is 1.39. The number of hydrogen-bond donors (Lipinski definition) is 1. The summed E-state index contributed by atoms with van der Waals surface area (Å²) in [6, 6.07) is 15.9. The number of nitrogens with one attached hydrogen (secondary N) is 1. The molecule has 0 aliphatic heterocycles. The molecule has 0 aliphatic rings. The number of hydrogen-bond acceptors (Lipinski definition) is 3. The van der Waals surface area contributed by atoms with Gasteiger partial charge in [0, 0.05) is 18.7 Å². The van der Waals surface area contributed by atoms with Crippen LogP contribution in [0, 0.1) is 0 Å². The number of carbonyl (C=O) groups is 1. The Bertz CT molecular complexity index is 847. The molecule has 1 N–H and O–H groups in total. The van der Waals surface area contributed by atoms with E-state index >= 15 is 0 Å². The summed E-state index contributed by atoms with van der Waals surface area (Å²) in [5.74, 6) is -0.270. The highest BCUT2D eigenvalue weighted by atomic mass is 32.2. The third-order valence-electron chi connectivity index (χ3n) is 4.52. The fraction of sp³-hybridized carbons (Fsp3) is 0.381. The molecule has 2 aromatic carbocycles. The SMILES string of the molecule is CCC[C@@H](NC(=O)c1cccc(S(=O)(=O)N(CC)CC)c1)c1ccccc1. The van der Waals surface area contributed by atoms with Gasteiger partial charge in [0.25, 0.3) is 5.91 Å². The van der Waals surface area contributed by atoms with Crippen molar-refractivity contribution in [3.63, 3.8) is 0 Å². The van der Waals surface area contributed by atoms with E-state index in [1.54, 1.807) is 26.0 Å². The average Bonchev–Trinajstić information content (AvgIpc) is 2.69. The molecule has 0 aromatic heterocycles. The Kier molecular flexibility index (Phi) is 7.56. The standard InChI is InChI=1S/C21H28N2O3S/c1-4-11-20(17-12-8-7-9-13-17)22-21(24)18-14-10-15-19(16-18)27(25,26)23(5-2)6-3/h7-10,12-16,20H,4-6,11H2,1-3H3,(H,22,24)/t20-/m1/s1. The molecule has 0 unspecified atom stereocenters. The molecule has 0 saturated heterocycles. The smallest absolute Gasteiger partial charge is 0.251 e. The van der Waals surface area contributed by atoms with Crippen molar-refractivity contribution >= 4 is 15.9 Å². The Morgan fingerprint density at radius 2 is 1.67 bits per heavy atom. The third kappa shape index (κ3) is 5.17. The molecule has 146 valence electrons. The summed E-state index contributed by atoms with van der Waals surface area (Å²) in [6.45, 7) is 6.45. The second kappa shape index (κ2) is 9.67. The van der Waals surface area contributed by atoms with E-state index in [4.69, 9.17) is 0 Å². The van der Waals surface area contributed by atoms with Gasteiger partial charge >= 0.3 is 0 Å². The highest BCUT2D eigenvalue weighted by molar-refractivity contribution is 7.89. The molecule has 0 fully saturated rings. The monoisotopic (exact) mass is 388 g/mol. The molecule has 27 heavy (non-hydrogen) atoms. The Balaban J connectivity index is 2.26. The summed E-state index contributed by atoms with van der Waals surface area (Å²) in [6.07, 6.45) is 1.74. The van der Waals surface area contributed by atoms with Gasteiger partial charge in [-0.2, -0.15) is 4.31 Å². The molecular weight excluding hydrogens is 360 g/mol. The minimum absolute atomic E-state index is 0.105. The van der Waals surface area contributed by atoms with E-state index in [1.807, 2.05) is 30.3 Å². The lowest BCUT2D eigenvalue weighted by atomic mass is 10.0. The van der Waals surface area contributed by atoms with Crippen LogP contribution in [0.3, 0.4) is 0 Å². The first kappa shape index (κ1) is 21.1. The Labute approximate surface area is 162 Å². The molecule has 0 saturated carbocycles. The van der Waals surface area contributed by atoms with Crippen molar-refractivity contribution in [1.29, 1.82) is 0 Å². The zero-order valence-corrected chi connectivity index (χ0v) is 17.0. The molecule has 0 radical (unpaired) electrons. The highest BCUT2D eigenvalue weighted by Crippen LogP contribution is 2.21. The lowest BCUT2D eigenvalue weighted by Gasteiger charge is -2.20. The number of sulfonamides is 1. The lowest BCUT2D eigenvalue weighted by molar-refractivity contribution is 0.0934. The van der Waals surface area contributed by atoms with Crippen molar-refractivity contribution in [3.8, 4) is 0 Å². The van der Waals surface area contributed by atoms with Crippen LogP contribution in [-0.2, 0) is 10.0 Å². The van der Waals surface area contributed by atoms with Gasteiger partial charge in [-0.25, -0.2) is 8.42 Å². The maximum Gasteiger partial charge on any atom is 0.251 e. The highest BCUT2D eigenvalue weighted by Gasteiger charge is 2.23. The van der Waals surface area contributed by atoms with E-state index in [9.17, 15) is 13.2 Å². The molecule has 0 heterocycles. The van der Waals surface area contributed by atoms with Gasteiger partial charge in [0.15, 0.2) is 0 Å². The van der Waals surface area contributed by atoms with E-state index in [2.05, 4.69) is 12.2 Å². The van der Waals surface area contributed by atoms with Gasteiger partial charge in [0.1, 0.15) is 0 Å². The maximum atomic E-state index is 12.8. The fourth-order valence-electron chi connectivity index (χ4n) is 3.05. The van der Waals surface area contributed by atoms with Gasteiger partial charge in [-0.05, 0) is 30.2 Å². The average molecular weight is 389 g/mol. The fourth-order valence-corrected chi connectivity index (χ4v) is 4.55. The molecule has 2 aromatic rings. The van der Waals surface area contributed by atoms with Crippen LogP contribution < -0.4 is 5.32 Å². The minimum Gasteiger partial charge on any atom is -0.345 e. The minimum atomic E-state index is -3.59. The second-order valence-corrected chi connectivity index (χ2v) is 8.28. The van der Waals surface area contributed by atoms with Crippen molar-refractivity contribution in [2.24, 2.45) is 0 Å². The molecular formula is C21H28N2O3S. The molecule has 1 atom stereocenters. The largest absolute Gasteiger partial charge is 0.345 e. The van der Waals surface area contributed by atoms with Gasteiger partial charge in [-0.3, -0.25) is 4.79 Å². The molecule has 0 spiro atoms. The first-order valence-electron chi connectivity index (χ1n) is 9.40. The van der Waals surface area contributed by atoms with Crippen molar-refractivity contribution in [3.05, 3.63) is 65.7 Å². The first-order valence-corrected chi connectivity index (χ1v) is 10.8.